The van der Waals surface area contributed by atoms with Gasteiger partial charge in [0.2, 0.25) is 5.36 Å². The summed E-state index contributed by atoms with van der Waals surface area (Å²) in [6.45, 7) is 6.24. The van der Waals surface area contributed by atoms with E-state index in [4.69, 9.17) is 4.42 Å². The Labute approximate surface area is 186 Å². The molecule has 2 fully saturated rings. The minimum Gasteiger partial charge on any atom is -0.478 e. The lowest BCUT2D eigenvalue weighted by molar-refractivity contribution is 0.0697. The number of aromatic carboxylic acids is 1. The van der Waals surface area contributed by atoms with Crippen LogP contribution in [-0.4, -0.2) is 37.3 Å². The van der Waals surface area contributed by atoms with E-state index in [0.717, 1.165) is 76.2 Å². The first-order valence-corrected chi connectivity index (χ1v) is 11.3. The van der Waals surface area contributed by atoms with Crippen LogP contribution in [0.2, 0.25) is 0 Å². The predicted octanol–water partition coefficient (Wildman–Crippen LogP) is 4.60. The molecule has 0 amide bonds. The largest absolute Gasteiger partial charge is 0.478 e. The highest BCUT2D eigenvalue weighted by molar-refractivity contribution is 6.08. The van der Waals surface area contributed by atoms with Gasteiger partial charge in [-0.2, -0.15) is 0 Å². The van der Waals surface area contributed by atoms with Gasteiger partial charge in [-0.3, -0.25) is 0 Å². The van der Waals surface area contributed by atoms with Crippen molar-refractivity contribution in [1.29, 1.82) is 0 Å². The second-order valence-corrected chi connectivity index (χ2v) is 8.87. The highest BCUT2D eigenvalue weighted by atomic mass is 16.4. The number of benzene rings is 3. The van der Waals surface area contributed by atoms with Crippen molar-refractivity contribution in [3.63, 3.8) is 0 Å². The molecule has 0 radical (unpaired) electrons. The van der Waals surface area contributed by atoms with Crippen molar-refractivity contribution in [3.05, 3.63) is 71.1 Å². The van der Waals surface area contributed by atoms with E-state index in [9.17, 15) is 9.90 Å². The van der Waals surface area contributed by atoms with E-state index in [1.54, 1.807) is 6.07 Å². The molecular formula is C27H25N2O3+. The van der Waals surface area contributed by atoms with Crippen molar-refractivity contribution in [2.45, 2.75) is 19.8 Å². The number of carboxylic acids is 1. The number of fused-ring (bicyclic) bond motifs is 2. The van der Waals surface area contributed by atoms with Crippen LogP contribution in [0.15, 0.2) is 59.0 Å². The van der Waals surface area contributed by atoms with Crippen molar-refractivity contribution in [3.8, 4) is 22.5 Å². The van der Waals surface area contributed by atoms with E-state index in [1.807, 2.05) is 19.1 Å². The summed E-state index contributed by atoms with van der Waals surface area (Å²) in [7, 11) is 0. The summed E-state index contributed by atoms with van der Waals surface area (Å²) in [6, 6.07) is 18.1. The molecule has 5 heteroatoms. The Morgan fingerprint density at radius 2 is 1.81 bits per heavy atom. The summed E-state index contributed by atoms with van der Waals surface area (Å²) in [5.74, 6) is -0.132. The molecule has 0 spiro atoms. The highest BCUT2D eigenvalue weighted by Crippen LogP contribution is 2.42. The molecule has 2 saturated heterocycles. The molecule has 0 atom stereocenters. The summed E-state index contributed by atoms with van der Waals surface area (Å²) < 4.78 is 8.79. The summed E-state index contributed by atoms with van der Waals surface area (Å²) >= 11 is 0. The molecule has 0 bridgehead atoms. The monoisotopic (exact) mass is 425 g/mol. The molecule has 3 heterocycles. The fraction of sp³-hybridized carbons (Fsp3) is 0.259. The van der Waals surface area contributed by atoms with Gasteiger partial charge in [0.15, 0.2) is 0 Å². The fourth-order valence-corrected chi connectivity index (χ4v) is 4.75. The third-order valence-electron chi connectivity index (χ3n) is 6.81. The van der Waals surface area contributed by atoms with Crippen LogP contribution >= 0.6 is 0 Å². The van der Waals surface area contributed by atoms with E-state index in [1.165, 1.54) is 12.8 Å². The molecule has 32 heavy (non-hydrogen) atoms. The molecule has 1 aliphatic carbocycles. The maximum Gasteiger partial charge on any atom is 0.336 e. The van der Waals surface area contributed by atoms with Crippen LogP contribution < -0.4 is 14.8 Å². The van der Waals surface area contributed by atoms with Crippen molar-refractivity contribution in [1.82, 2.24) is 4.58 Å². The predicted molar refractivity (Wildman–Crippen MR) is 126 cm³/mol. The molecule has 2 aromatic carbocycles. The van der Waals surface area contributed by atoms with Crippen LogP contribution in [0.1, 0.15) is 28.8 Å². The van der Waals surface area contributed by atoms with Gasteiger partial charge in [-0.15, -0.1) is 0 Å². The fourth-order valence-electron chi connectivity index (χ4n) is 4.75. The summed E-state index contributed by atoms with van der Waals surface area (Å²) in [4.78, 5) is 14.5. The standard InChI is InChI=1S/C27H24N2O3/c1-17-4-7-20(27(30)31)23(14-17)26-21-8-5-18(28-10-2-11-28)15-24(21)32-25-16-19(6-9-22(25)26)29-12-3-13-29/h4-9,14-16H,2-3,10-13H2,1H3/p+1. The second kappa shape index (κ2) is 7.23. The van der Waals surface area contributed by atoms with E-state index >= 15 is 0 Å². The third kappa shape index (κ3) is 3.00. The van der Waals surface area contributed by atoms with Crippen molar-refractivity contribution < 1.29 is 14.3 Å². The van der Waals surface area contributed by atoms with E-state index in [2.05, 4.69) is 45.9 Å². The highest BCUT2D eigenvalue weighted by Gasteiger charge is 2.24. The van der Waals surface area contributed by atoms with Gasteiger partial charge >= 0.3 is 5.97 Å². The molecule has 6 rings (SSSR count). The minimum absolute atomic E-state index is 0.308. The molecule has 1 N–H and O–H groups in total. The van der Waals surface area contributed by atoms with Gasteiger partial charge in [-0.25, -0.2) is 9.37 Å². The lowest BCUT2D eigenvalue weighted by Gasteiger charge is -2.33. The van der Waals surface area contributed by atoms with E-state index < -0.39 is 5.97 Å². The number of rotatable bonds is 3. The van der Waals surface area contributed by atoms with Gasteiger partial charge in [0, 0.05) is 47.4 Å². The van der Waals surface area contributed by atoms with Crippen LogP contribution in [0.4, 0.5) is 5.69 Å². The lowest BCUT2D eigenvalue weighted by atomic mass is 9.89. The van der Waals surface area contributed by atoms with Gasteiger partial charge in [-0.1, -0.05) is 17.7 Å². The van der Waals surface area contributed by atoms with E-state index in [0.29, 0.717) is 5.56 Å². The van der Waals surface area contributed by atoms with Gasteiger partial charge in [0.1, 0.15) is 24.4 Å². The van der Waals surface area contributed by atoms with Gasteiger partial charge in [-0.05, 0) is 43.2 Å². The van der Waals surface area contributed by atoms with Crippen LogP contribution in [0.5, 0.6) is 0 Å². The minimum atomic E-state index is -0.920. The zero-order valence-corrected chi connectivity index (χ0v) is 18.1. The Kier molecular flexibility index (Phi) is 4.32. The topological polar surface area (TPSA) is 56.7 Å². The Morgan fingerprint density at radius 3 is 2.50 bits per heavy atom. The van der Waals surface area contributed by atoms with Crippen LogP contribution in [-0.2, 0) is 0 Å². The average molecular weight is 426 g/mol. The first kappa shape index (κ1) is 19.1. The Morgan fingerprint density at radius 1 is 0.969 bits per heavy atom. The normalized spacial score (nSPS) is 15.7. The molecule has 3 aliphatic heterocycles. The second-order valence-electron chi connectivity index (χ2n) is 8.87. The number of hydrogen-bond acceptors (Lipinski definition) is 3. The Balaban J connectivity index is 1.70. The number of nitrogens with zero attached hydrogens (tertiary/aromatic N) is 2. The number of carboxylic acid groups (broad SMARTS) is 1. The molecular weight excluding hydrogens is 400 g/mol. The molecule has 0 saturated carbocycles. The van der Waals surface area contributed by atoms with E-state index in [-0.39, 0.29) is 0 Å². The first-order valence-electron chi connectivity index (χ1n) is 11.3. The molecule has 4 aliphatic rings. The van der Waals surface area contributed by atoms with Crippen LogP contribution in [0, 0.1) is 6.92 Å². The maximum atomic E-state index is 12.1. The quantitative estimate of drug-likeness (QED) is 0.385. The van der Waals surface area contributed by atoms with Crippen molar-refractivity contribution in [2.75, 3.05) is 31.1 Å². The zero-order chi connectivity index (χ0) is 21.8. The van der Waals surface area contributed by atoms with Gasteiger partial charge in [0.25, 0.3) is 0 Å². The summed E-state index contributed by atoms with van der Waals surface area (Å²) in [6.07, 6.45) is 2.42. The number of anilines is 1. The maximum absolute atomic E-state index is 12.1. The van der Waals surface area contributed by atoms with Crippen molar-refractivity contribution in [2.24, 2.45) is 0 Å². The molecule has 0 aromatic heterocycles. The zero-order valence-electron chi connectivity index (χ0n) is 18.1. The average Bonchev–Trinajstić information content (AvgIpc) is 2.69. The Hall–Kier alpha value is -3.60. The summed E-state index contributed by atoms with van der Waals surface area (Å²) in [5.41, 5.74) is 5.87. The molecule has 5 nitrogen and oxygen atoms in total. The number of hydrogen-bond donors (Lipinski definition) is 1. The first-order chi connectivity index (χ1) is 15.6. The lowest BCUT2D eigenvalue weighted by Crippen LogP contribution is -2.40. The van der Waals surface area contributed by atoms with Gasteiger partial charge in [0.05, 0.1) is 18.1 Å². The SMILES string of the molecule is Cc1ccc(C(=O)O)c(-c2c3ccc(=[N+]4CCC4)cc-3oc3cc(N4CCC4)ccc23)c1. The van der Waals surface area contributed by atoms with Crippen LogP contribution in [0.25, 0.3) is 33.4 Å². The molecule has 160 valence electrons. The number of carbonyl (C=O) groups is 1. The van der Waals surface area contributed by atoms with Crippen LogP contribution in [0.3, 0.4) is 0 Å². The van der Waals surface area contributed by atoms with Gasteiger partial charge < -0.3 is 14.4 Å². The third-order valence-corrected chi connectivity index (χ3v) is 6.81. The Bertz CT molecular complexity index is 1420. The summed E-state index contributed by atoms with van der Waals surface area (Å²) in [5, 5.41) is 12.0. The number of aryl methyl sites for hydroxylation is 1. The smallest absolute Gasteiger partial charge is 0.336 e. The van der Waals surface area contributed by atoms with Crippen molar-refractivity contribution >= 4 is 22.6 Å². The molecule has 2 aromatic rings. The molecule has 0 unspecified atom stereocenters.